The molecule has 3 rings (SSSR count). The Morgan fingerprint density at radius 3 is 2.53 bits per heavy atom. The van der Waals surface area contributed by atoms with Crippen LogP contribution in [0, 0.1) is 0 Å². The standard InChI is InChI=1S/C23H27ClN2O5S/c1-4-25(5-2)32(29,30)18-12-13-20(24)19(15-18)23(28)31-16(3)22(27)26-14-8-10-17-9-6-7-11-21(17)26/h6-7,9,11-13,15-16H,4-5,8,10,14H2,1-3H3/t16-/m1/s1. The Hall–Kier alpha value is -2.42. The highest BCUT2D eigenvalue weighted by molar-refractivity contribution is 7.89. The molecule has 1 aliphatic rings. The fourth-order valence-corrected chi connectivity index (χ4v) is 5.47. The first-order valence-electron chi connectivity index (χ1n) is 10.6. The Balaban J connectivity index is 1.81. The molecule has 172 valence electrons. The number of hydrogen-bond acceptors (Lipinski definition) is 5. The van der Waals surface area contributed by atoms with Crippen LogP contribution in [0.5, 0.6) is 0 Å². The second kappa shape index (κ2) is 10.0. The second-order valence-corrected chi connectivity index (χ2v) is 9.85. The summed E-state index contributed by atoms with van der Waals surface area (Å²) in [5, 5.41) is 0.0523. The number of halogens is 1. The lowest BCUT2D eigenvalue weighted by atomic mass is 10.0. The average molecular weight is 479 g/mol. The van der Waals surface area contributed by atoms with E-state index >= 15 is 0 Å². The van der Waals surface area contributed by atoms with E-state index in [4.69, 9.17) is 16.3 Å². The van der Waals surface area contributed by atoms with Gasteiger partial charge in [0.1, 0.15) is 0 Å². The molecule has 7 nitrogen and oxygen atoms in total. The van der Waals surface area contributed by atoms with E-state index in [1.54, 1.807) is 18.7 Å². The SMILES string of the molecule is CCN(CC)S(=O)(=O)c1ccc(Cl)c(C(=O)O[C@H](C)C(=O)N2CCCc3ccccc32)c1. The third-order valence-electron chi connectivity index (χ3n) is 5.51. The Kier molecular flexibility index (Phi) is 7.59. The van der Waals surface area contributed by atoms with Crippen molar-refractivity contribution in [3.63, 3.8) is 0 Å². The fourth-order valence-electron chi connectivity index (χ4n) is 3.79. The molecule has 0 aliphatic carbocycles. The second-order valence-electron chi connectivity index (χ2n) is 7.50. The molecule has 2 aromatic carbocycles. The zero-order chi connectivity index (χ0) is 23.5. The number of esters is 1. The van der Waals surface area contributed by atoms with E-state index in [1.165, 1.54) is 29.4 Å². The van der Waals surface area contributed by atoms with Crippen molar-refractivity contribution in [1.82, 2.24) is 4.31 Å². The van der Waals surface area contributed by atoms with Gasteiger partial charge < -0.3 is 9.64 Å². The van der Waals surface area contributed by atoms with E-state index in [0.29, 0.717) is 19.6 Å². The quantitative estimate of drug-likeness (QED) is 0.563. The van der Waals surface area contributed by atoms with Gasteiger partial charge in [0.15, 0.2) is 6.10 Å². The van der Waals surface area contributed by atoms with Gasteiger partial charge in [0.25, 0.3) is 5.91 Å². The van der Waals surface area contributed by atoms with E-state index in [0.717, 1.165) is 24.1 Å². The van der Waals surface area contributed by atoms with Gasteiger partial charge in [-0.25, -0.2) is 13.2 Å². The van der Waals surface area contributed by atoms with Crippen molar-refractivity contribution in [2.24, 2.45) is 0 Å². The third kappa shape index (κ3) is 4.82. The first-order chi connectivity index (χ1) is 15.2. The molecule has 1 heterocycles. The number of rotatable bonds is 7. The molecule has 0 saturated heterocycles. The zero-order valence-corrected chi connectivity index (χ0v) is 19.9. The van der Waals surface area contributed by atoms with Crippen LogP contribution in [0.1, 0.15) is 43.1 Å². The topological polar surface area (TPSA) is 84.0 Å². The van der Waals surface area contributed by atoms with Crippen molar-refractivity contribution >= 4 is 39.2 Å². The van der Waals surface area contributed by atoms with Gasteiger partial charge in [0.2, 0.25) is 10.0 Å². The van der Waals surface area contributed by atoms with Gasteiger partial charge in [-0.05, 0) is 49.6 Å². The summed E-state index contributed by atoms with van der Waals surface area (Å²) < 4.78 is 32.3. The molecule has 0 bridgehead atoms. The molecule has 0 aromatic heterocycles. The normalized spacial score (nSPS) is 14.7. The predicted octanol–water partition coefficient (Wildman–Crippen LogP) is 3.90. The van der Waals surface area contributed by atoms with E-state index in [2.05, 4.69) is 0 Å². The maximum Gasteiger partial charge on any atom is 0.340 e. The molecule has 0 unspecified atom stereocenters. The number of amides is 1. The Morgan fingerprint density at radius 2 is 1.84 bits per heavy atom. The summed E-state index contributed by atoms with van der Waals surface area (Å²) in [6, 6.07) is 11.5. The van der Waals surface area contributed by atoms with Gasteiger partial charge in [0.05, 0.1) is 15.5 Å². The van der Waals surface area contributed by atoms with Crippen LogP contribution in [-0.2, 0) is 26.0 Å². The summed E-state index contributed by atoms with van der Waals surface area (Å²) in [7, 11) is -3.78. The number of benzene rings is 2. The molecule has 9 heteroatoms. The molecular weight excluding hydrogens is 452 g/mol. The monoisotopic (exact) mass is 478 g/mol. The summed E-state index contributed by atoms with van der Waals surface area (Å²) in [6.45, 7) is 6.10. The minimum atomic E-state index is -3.78. The number of fused-ring (bicyclic) bond motifs is 1. The van der Waals surface area contributed by atoms with Crippen LogP contribution in [0.2, 0.25) is 5.02 Å². The van der Waals surface area contributed by atoms with Gasteiger partial charge >= 0.3 is 5.97 Å². The smallest absolute Gasteiger partial charge is 0.340 e. The number of anilines is 1. The first-order valence-corrected chi connectivity index (χ1v) is 12.4. The van der Waals surface area contributed by atoms with Gasteiger partial charge in [-0.1, -0.05) is 43.6 Å². The van der Waals surface area contributed by atoms with E-state index < -0.39 is 22.1 Å². The van der Waals surface area contributed by atoms with Crippen LogP contribution < -0.4 is 4.90 Å². The minimum Gasteiger partial charge on any atom is -0.449 e. The largest absolute Gasteiger partial charge is 0.449 e. The van der Waals surface area contributed by atoms with Crippen LogP contribution >= 0.6 is 11.6 Å². The van der Waals surface area contributed by atoms with Crippen molar-refractivity contribution in [1.29, 1.82) is 0 Å². The lowest BCUT2D eigenvalue weighted by Crippen LogP contribution is -2.42. The van der Waals surface area contributed by atoms with Crippen molar-refractivity contribution in [2.75, 3.05) is 24.5 Å². The molecular formula is C23H27ClN2O5S. The van der Waals surface area contributed by atoms with Gasteiger partial charge in [-0.2, -0.15) is 4.31 Å². The van der Waals surface area contributed by atoms with E-state index in [1.807, 2.05) is 24.3 Å². The summed E-state index contributed by atoms with van der Waals surface area (Å²) in [4.78, 5) is 27.4. The third-order valence-corrected chi connectivity index (χ3v) is 7.88. The number of para-hydroxylation sites is 1. The summed E-state index contributed by atoms with van der Waals surface area (Å²) in [5.41, 5.74) is 1.79. The zero-order valence-electron chi connectivity index (χ0n) is 18.4. The lowest BCUT2D eigenvalue weighted by Gasteiger charge is -2.31. The van der Waals surface area contributed by atoms with Crippen molar-refractivity contribution in [3.8, 4) is 0 Å². The molecule has 32 heavy (non-hydrogen) atoms. The van der Waals surface area contributed by atoms with Gasteiger partial charge in [0, 0.05) is 25.3 Å². The molecule has 1 aliphatic heterocycles. The van der Waals surface area contributed by atoms with Crippen LogP contribution in [0.25, 0.3) is 0 Å². The maximum atomic E-state index is 13.0. The maximum absolute atomic E-state index is 13.0. The van der Waals surface area contributed by atoms with Gasteiger partial charge in [-0.3, -0.25) is 4.79 Å². The summed E-state index contributed by atoms with van der Waals surface area (Å²) >= 11 is 6.16. The molecule has 0 spiro atoms. The number of aryl methyl sites for hydroxylation is 1. The molecule has 0 radical (unpaired) electrons. The molecule has 0 N–H and O–H groups in total. The number of ether oxygens (including phenoxy) is 1. The molecule has 1 amide bonds. The number of carbonyl (C=O) groups excluding carboxylic acids is 2. The highest BCUT2D eigenvalue weighted by Crippen LogP contribution is 2.28. The van der Waals surface area contributed by atoms with Gasteiger partial charge in [-0.15, -0.1) is 0 Å². The van der Waals surface area contributed by atoms with Crippen LogP contribution in [-0.4, -0.2) is 50.3 Å². The first kappa shape index (κ1) is 24.2. The highest BCUT2D eigenvalue weighted by Gasteiger charge is 2.30. The van der Waals surface area contributed by atoms with Crippen molar-refractivity contribution in [2.45, 2.75) is 44.6 Å². The number of sulfonamides is 1. The summed E-state index contributed by atoms with van der Waals surface area (Å²) in [6.07, 6.45) is 0.644. The molecule has 2 aromatic rings. The van der Waals surface area contributed by atoms with Crippen LogP contribution in [0.15, 0.2) is 47.4 Å². The molecule has 0 saturated carbocycles. The highest BCUT2D eigenvalue weighted by atomic mass is 35.5. The predicted molar refractivity (Wildman–Crippen MR) is 124 cm³/mol. The molecule has 0 fully saturated rings. The Morgan fingerprint density at radius 1 is 1.16 bits per heavy atom. The summed E-state index contributed by atoms with van der Waals surface area (Å²) in [5.74, 6) is -1.19. The fraction of sp³-hybridized carbons (Fsp3) is 0.391. The van der Waals surface area contributed by atoms with Crippen molar-refractivity contribution in [3.05, 3.63) is 58.6 Å². The number of hydrogen-bond donors (Lipinski definition) is 0. The minimum absolute atomic E-state index is 0.0523. The molecule has 1 atom stereocenters. The van der Waals surface area contributed by atoms with E-state index in [9.17, 15) is 18.0 Å². The van der Waals surface area contributed by atoms with Crippen molar-refractivity contribution < 1.29 is 22.7 Å². The lowest BCUT2D eigenvalue weighted by molar-refractivity contribution is -0.126. The number of carbonyl (C=O) groups is 2. The average Bonchev–Trinajstić information content (AvgIpc) is 2.78. The number of nitrogens with zero attached hydrogens (tertiary/aromatic N) is 2. The Labute approximate surface area is 194 Å². The van der Waals surface area contributed by atoms with Crippen LogP contribution in [0.4, 0.5) is 5.69 Å². The van der Waals surface area contributed by atoms with E-state index in [-0.39, 0.29) is 21.4 Å². The van der Waals surface area contributed by atoms with Crippen LogP contribution in [0.3, 0.4) is 0 Å². The Bertz CT molecular complexity index is 1120.